The van der Waals surface area contributed by atoms with Crippen molar-refractivity contribution in [3.8, 4) is 0 Å². The fraction of sp³-hybridized carbons (Fsp3) is 0.333. The summed E-state index contributed by atoms with van der Waals surface area (Å²) in [6, 6.07) is 8.87. The zero-order chi connectivity index (χ0) is 11.8. The van der Waals surface area contributed by atoms with Crippen molar-refractivity contribution >= 4 is 12.4 Å². The maximum Gasteiger partial charge on any atom is 0.328 e. The molecule has 0 saturated carbocycles. The number of benzene rings is 1. The van der Waals surface area contributed by atoms with Crippen LogP contribution in [0.3, 0.4) is 0 Å². The predicted octanol–water partition coefficient (Wildman–Crippen LogP) is 0.907. The molecule has 0 heterocycles. The molecule has 0 aliphatic heterocycles. The summed E-state index contributed by atoms with van der Waals surface area (Å²) in [5.41, 5.74) is 0.981. The zero-order valence-corrected chi connectivity index (χ0v) is 9.18. The van der Waals surface area contributed by atoms with Crippen LogP contribution in [0.25, 0.3) is 0 Å². The third-order valence-electron chi connectivity index (χ3n) is 2.12. The Bertz CT molecular complexity index is 337. The Morgan fingerprint density at radius 1 is 1.44 bits per heavy atom. The quantitative estimate of drug-likeness (QED) is 0.573. The minimum Gasteiger partial charge on any atom is -0.464 e. The molecule has 1 aromatic carbocycles. The molecule has 1 aromatic rings. The number of ether oxygens (including phenoxy) is 1. The van der Waals surface area contributed by atoms with Crippen LogP contribution in [-0.2, 0) is 20.7 Å². The molecule has 1 unspecified atom stereocenters. The topological polar surface area (TPSA) is 55.4 Å². The second-order valence-corrected chi connectivity index (χ2v) is 3.28. The molecule has 4 nitrogen and oxygen atoms in total. The summed E-state index contributed by atoms with van der Waals surface area (Å²) in [6.45, 7) is 2.04. The molecule has 4 heteroatoms. The summed E-state index contributed by atoms with van der Waals surface area (Å²) in [4.78, 5) is 21.9. The van der Waals surface area contributed by atoms with Crippen LogP contribution in [0.5, 0.6) is 0 Å². The minimum atomic E-state index is -0.611. The van der Waals surface area contributed by atoms with Crippen molar-refractivity contribution in [2.75, 3.05) is 6.61 Å². The van der Waals surface area contributed by atoms with Gasteiger partial charge in [-0.2, -0.15) is 0 Å². The van der Waals surface area contributed by atoms with Gasteiger partial charge in [0, 0.05) is 6.42 Å². The van der Waals surface area contributed by atoms with E-state index in [1.54, 1.807) is 6.92 Å². The van der Waals surface area contributed by atoms with E-state index in [1.807, 2.05) is 30.3 Å². The molecule has 0 spiro atoms. The summed E-state index contributed by atoms with van der Waals surface area (Å²) >= 11 is 0. The minimum absolute atomic E-state index is 0.310. The van der Waals surface area contributed by atoms with Gasteiger partial charge in [-0.1, -0.05) is 30.3 Å². The number of esters is 1. The van der Waals surface area contributed by atoms with Crippen LogP contribution in [0.4, 0.5) is 0 Å². The van der Waals surface area contributed by atoms with Crippen LogP contribution in [0, 0.1) is 0 Å². The SMILES string of the molecule is CCOC(=O)C(Cc1ccccc1)NC=O. The molecule has 0 saturated heterocycles. The van der Waals surface area contributed by atoms with Crippen LogP contribution in [0.1, 0.15) is 12.5 Å². The highest BCUT2D eigenvalue weighted by Gasteiger charge is 2.18. The van der Waals surface area contributed by atoms with E-state index in [-0.39, 0.29) is 0 Å². The van der Waals surface area contributed by atoms with Gasteiger partial charge >= 0.3 is 5.97 Å². The first-order chi connectivity index (χ1) is 7.77. The standard InChI is InChI=1S/C12H15NO3/c1-2-16-12(15)11(13-9-14)8-10-6-4-3-5-7-10/h3-7,9,11H,2,8H2,1H3,(H,13,14). The van der Waals surface area contributed by atoms with Gasteiger partial charge in [0.15, 0.2) is 0 Å². The normalized spacial score (nSPS) is 11.6. The van der Waals surface area contributed by atoms with Gasteiger partial charge in [0.2, 0.25) is 6.41 Å². The number of hydrogen-bond donors (Lipinski definition) is 1. The van der Waals surface area contributed by atoms with E-state index in [4.69, 9.17) is 4.74 Å². The number of carbonyl (C=O) groups is 2. The first-order valence-corrected chi connectivity index (χ1v) is 5.18. The zero-order valence-electron chi connectivity index (χ0n) is 9.18. The number of carbonyl (C=O) groups excluding carboxylic acids is 2. The molecular weight excluding hydrogens is 206 g/mol. The average molecular weight is 221 g/mol. The van der Waals surface area contributed by atoms with Crippen LogP contribution in [-0.4, -0.2) is 25.0 Å². The van der Waals surface area contributed by atoms with Gasteiger partial charge in [-0.05, 0) is 12.5 Å². The van der Waals surface area contributed by atoms with Crippen molar-refractivity contribution in [3.63, 3.8) is 0 Å². The molecule has 0 aliphatic carbocycles. The Balaban J connectivity index is 2.64. The molecule has 0 aliphatic rings. The van der Waals surface area contributed by atoms with E-state index in [0.717, 1.165) is 5.56 Å². The number of rotatable bonds is 6. The molecule has 1 N–H and O–H groups in total. The molecule has 0 radical (unpaired) electrons. The molecule has 1 amide bonds. The van der Waals surface area contributed by atoms with Crippen LogP contribution >= 0.6 is 0 Å². The lowest BCUT2D eigenvalue weighted by Gasteiger charge is -2.14. The summed E-state index contributed by atoms with van der Waals surface area (Å²) in [6.07, 6.45) is 0.961. The Labute approximate surface area is 94.6 Å². The van der Waals surface area contributed by atoms with E-state index in [2.05, 4.69) is 5.32 Å². The lowest BCUT2D eigenvalue weighted by Crippen LogP contribution is -2.39. The first kappa shape index (κ1) is 12.2. The third-order valence-corrected chi connectivity index (χ3v) is 2.12. The van der Waals surface area contributed by atoms with Crippen molar-refractivity contribution in [2.45, 2.75) is 19.4 Å². The van der Waals surface area contributed by atoms with Crippen molar-refractivity contribution in [2.24, 2.45) is 0 Å². The Morgan fingerprint density at radius 3 is 2.69 bits per heavy atom. The summed E-state index contributed by atoms with van der Waals surface area (Å²) in [5.74, 6) is -0.404. The van der Waals surface area contributed by atoms with Gasteiger partial charge in [-0.25, -0.2) is 4.79 Å². The Morgan fingerprint density at radius 2 is 2.12 bits per heavy atom. The third kappa shape index (κ3) is 3.73. The van der Waals surface area contributed by atoms with Gasteiger partial charge in [0.25, 0.3) is 0 Å². The highest BCUT2D eigenvalue weighted by molar-refractivity contribution is 5.78. The molecule has 0 bridgehead atoms. The maximum atomic E-state index is 11.5. The number of nitrogens with one attached hydrogen (secondary N) is 1. The van der Waals surface area contributed by atoms with E-state index < -0.39 is 12.0 Å². The monoisotopic (exact) mass is 221 g/mol. The summed E-state index contributed by atoms with van der Waals surface area (Å²) < 4.78 is 4.87. The highest BCUT2D eigenvalue weighted by Crippen LogP contribution is 2.04. The molecule has 0 fully saturated rings. The fourth-order valence-electron chi connectivity index (χ4n) is 1.39. The molecule has 86 valence electrons. The van der Waals surface area contributed by atoms with Crippen LogP contribution < -0.4 is 5.32 Å². The smallest absolute Gasteiger partial charge is 0.328 e. The number of hydrogen-bond acceptors (Lipinski definition) is 3. The van der Waals surface area contributed by atoms with Gasteiger partial charge in [0.1, 0.15) is 6.04 Å². The summed E-state index contributed by atoms with van der Waals surface area (Å²) in [7, 11) is 0. The van der Waals surface area contributed by atoms with E-state index in [9.17, 15) is 9.59 Å². The molecule has 1 atom stereocenters. The second-order valence-electron chi connectivity index (χ2n) is 3.28. The van der Waals surface area contributed by atoms with Crippen molar-refractivity contribution in [1.29, 1.82) is 0 Å². The highest BCUT2D eigenvalue weighted by atomic mass is 16.5. The lowest BCUT2D eigenvalue weighted by molar-refractivity contribution is -0.146. The van der Waals surface area contributed by atoms with Gasteiger partial charge in [0.05, 0.1) is 6.61 Å². The molecule has 1 rings (SSSR count). The maximum absolute atomic E-state index is 11.5. The molecular formula is C12H15NO3. The van der Waals surface area contributed by atoms with Crippen LogP contribution in [0.2, 0.25) is 0 Å². The van der Waals surface area contributed by atoms with Gasteiger partial charge in [-0.15, -0.1) is 0 Å². The van der Waals surface area contributed by atoms with E-state index in [1.165, 1.54) is 0 Å². The molecule has 16 heavy (non-hydrogen) atoms. The average Bonchev–Trinajstić information content (AvgIpc) is 2.30. The Kier molecular flexibility index (Phi) is 5.05. The van der Waals surface area contributed by atoms with E-state index >= 15 is 0 Å². The largest absolute Gasteiger partial charge is 0.464 e. The van der Waals surface area contributed by atoms with E-state index in [0.29, 0.717) is 19.4 Å². The molecule has 0 aromatic heterocycles. The Hall–Kier alpha value is -1.84. The number of amides is 1. The fourth-order valence-corrected chi connectivity index (χ4v) is 1.39. The van der Waals surface area contributed by atoms with Crippen molar-refractivity contribution in [1.82, 2.24) is 5.32 Å². The van der Waals surface area contributed by atoms with Gasteiger partial charge < -0.3 is 10.1 Å². The first-order valence-electron chi connectivity index (χ1n) is 5.18. The lowest BCUT2D eigenvalue weighted by atomic mass is 10.1. The summed E-state index contributed by atoms with van der Waals surface area (Å²) in [5, 5.41) is 2.46. The van der Waals surface area contributed by atoms with Gasteiger partial charge in [-0.3, -0.25) is 4.79 Å². The van der Waals surface area contributed by atoms with Crippen LogP contribution in [0.15, 0.2) is 30.3 Å². The van der Waals surface area contributed by atoms with Crippen molar-refractivity contribution in [3.05, 3.63) is 35.9 Å². The van der Waals surface area contributed by atoms with Crippen molar-refractivity contribution < 1.29 is 14.3 Å². The second kappa shape index (κ2) is 6.61. The predicted molar refractivity (Wildman–Crippen MR) is 59.8 cm³/mol.